The Morgan fingerprint density at radius 1 is 1.33 bits per heavy atom. The quantitative estimate of drug-likeness (QED) is 0.447. The lowest BCUT2D eigenvalue weighted by molar-refractivity contribution is -0.136. The van der Waals surface area contributed by atoms with Gasteiger partial charge in [-0.3, -0.25) is 4.79 Å². The molecule has 0 aromatic heterocycles. The van der Waals surface area contributed by atoms with Crippen molar-refractivity contribution in [3.8, 4) is 0 Å². The fourth-order valence-electron chi connectivity index (χ4n) is 1.06. The largest absolute Gasteiger partial charge is 0.481 e. The Balaban J connectivity index is 3.79. The Bertz CT molecular complexity index is 212. The van der Waals surface area contributed by atoms with Gasteiger partial charge in [-0.15, -0.1) is 0 Å². The number of aliphatic hydroxyl groups excluding tert-OH is 3. The van der Waals surface area contributed by atoms with Crippen LogP contribution in [0.4, 0.5) is 0 Å². The van der Waals surface area contributed by atoms with Crippen molar-refractivity contribution < 1.29 is 25.2 Å². The Morgan fingerprint density at radius 3 is 2.40 bits per heavy atom. The molecule has 0 aliphatic carbocycles. The Kier molecular flexibility index (Phi) is 6.94. The van der Waals surface area contributed by atoms with E-state index in [1.54, 1.807) is 0 Å². The number of hydrogen-bond donors (Lipinski definition) is 4. The monoisotopic (exact) mass is 218 g/mol. The molecular weight excluding hydrogens is 200 g/mol. The highest BCUT2D eigenvalue weighted by Gasteiger charge is 2.15. The number of carbonyl (C=O) groups is 1. The molecule has 0 aliphatic heterocycles. The van der Waals surface area contributed by atoms with Gasteiger partial charge in [0.05, 0.1) is 18.3 Å². The zero-order valence-corrected chi connectivity index (χ0v) is 8.71. The molecule has 0 bridgehead atoms. The normalized spacial score (nSPS) is 17.6. The maximum atomic E-state index is 10.1. The van der Waals surface area contributed by atoms with E-state index in [0.717, 1.165) is 0 Å². The third-order valence-corrected chi connectivity index (χ3v) is 1.83. The summed E-state index contributed by atoms with van der Waals surface area (Å²) in [6, 6.07) is 0. The molecule has 5 nitrogen and oxygen atoms in total. The zero-order chi connectivity index (χ0) is 11.8. The van der Waals surface area contributed by atoms with Crippen LogP contribution in [-0.4, -0.2) is 44.7 Å². The molecule has 5 heteroatoms. The Morgan fingerprint density at radius 2 is 1.93 bits per heavy atom. The van der Waals surface area contributed by atoms with Crippen LogP contribution in [0.25, 0.3) is 0 Å². The molecule has 4 N–H and O–H groups in total. The van der Waals surface area contributed by atoms with E-state index in [-0.39, 0.29) is 12.8 Å². The molecule has 0 amide bonds. The van der Waals surface area contributed by atoms with E-state index >= 15 is 0 Å². The van der Waals surface area contributed by atoms with Gasteiger partial charge in [0.25, 0.3) is 0 Å². The van der Waals surface area contributed by atoms with E-state index in [4.69, 9.17) is 10.2 Å². The fraction of sp³-hybridized carbons (Fsp3) is 0.700. The van der Waals surface area contributed by atoms with Crippen LogP contribution in [0.5, 0.6) is 0 Å². The van der Waals surface area contributed by atoms with Gasteiger partial charge in [0.2, 0.25) is 0 Å². The van der Waals surface area contributed by atoms with Crippen LogP contribution in [0.15, 0.2) is 12.2 Å². The summed E-state index contributed by atoms with van der Waals surface area (Å²) in [5.41, 5.74) is 0. The summed E-state index contributed by atoms with van der Waals surface area (Å²) >= 11 is 0. The van der Waals surface area contributed by atoms with Crippen molar-refractivity contribution in [3.05, 3.63) is 12.2 Å². The molecule has 0 aromatic carbocycles. The van der Waals surface area contributed by atoms with Crippen LogP contribution in [0.3, 0.4) is 0 Å². The SMILES string of the molecule is C[C@H](O)C[C@H](O)[C@@H](O)/C=C/CCC(=O)O. The van der Waals surface area contributed by atoms with E-state index in [0.29, 0.717) is 6.42 Å². The minimum atomic E-state index is -1.06. The van der Waals surface area contributed by atoms with Crippen molar-refractivity contribution >= 4 is 5.97 Å². The second kappa shape index (κ2) is 7.39. The maximum Gasteiger partial charge on any atom is 0.303 e. The van der Waals surface area contributed by atoms with E-state index in [1.165, 1.54) is 19.1 Å². The molecular formula is C10H18O5. The average Bonchev–Trinajstić information content (AvgIpc) is 2.10. The second-order valence-electron chi connectivity index (χ2n) is 3.50. The minimum absolute atomic E-state index is 0.00425. The van der Waals surface area contributed by atoms with Gasteiger partial charge in [-0.2, -0.15) is 0 Å². The van der Waals surface area contributed by atoms with Gasteiger partial charge in [0, 0.05) is 12.8 Å². The van der Waals surface area contributed by atoms with Crippen LogP contribution < -0.4 is 0 Å². The first kappa shape index (κ1) is 14.1. The zero-order valence-electron chi connectivity index (χ0n) is 8.71. The molecule has 3 atom stereocenters. The van der Waals surface area contributed by atoms with Crippen LogP contribution >= 0.6 is 0 Å². The molecule has 0 saturated heterocycles. The highest BCUT2D eigenvalue weighted by molar-refractivity contribution is 5.66. The molecule has 0 radical (unpaired) electrons. The van der Waals surface area contributed by atoms with Crippen molar-refractivity contribution in [1.29, 1.82) is 0 Å². The van der Waals surface area contributed by atoms with Crippen LogP contribution in [-0.2, 0) is 4.79 Å². The molecule has 0 spiro atoms. The first-order chi connectivity index (χ1) is 6.93. The number of rotatable bonds is 7. The fourth-order valence-corrected chi connectivity index (χ4v) is 1.06. The number of aliphatic carboxylic acids is 1. The van der Waals surface area contributed by atoms with Crippen molar-refractivity contribution in [2.24, 2.45) is 0 Å². The third kappa shape index (κ3) is 8.11. The lowest BCUT2D eigenvalue weighted by Crippen LogP contribution is -2.27. The molecule has 0 aromatic rings. The van der Waals surface area contributed by atoms with Gasteiger partial charge in [0.15, 0.2) is 0 Å². The van der Waals surface area contributed by atoms with Crippen molar-refractivity contribution in [1.82, 2.24) is 0 Å². The van der Waals surface area contributed by atoms with Gasteiger partial charge in [-0.25, -0.2) is 0 Å². The molecule has 0 aliphatic rings. The van der Waals surface area contributed by atoms with Crippen molar-refractivity contribution in [2.75, 3.05) is 0 Å². The van der Waals surface area contributed by atoms with E-state index in [1.807, 2.05) is 0 Å². The smallest absolute Gasteiger partial charge is 0.303 e. The first-order valence-corrected chi connectivity index (χ1v) is 4.86. The number of carboxylic acid groups (broad SMARTS) is 1. The van der Waals surface area contributed by atoms with E-state index in [2.05, 4.69) is 0 Å². The van der Waals surface area contributed by atoms with Crippen molar-refractivity contribution in [2.45, 2.75) is 44.5 Å². The summed E-state index contributed by atoms with van der Waals surface area (Å²) < 4.78 is 0. The molecule has 0 fully saturated rings. The second-order valence-corrected chi connectivity index (χ2v) is 3.50. The molecule has 15 heavy (non-hydrogen) atoms. The summed E-state index contributed by atoms with van der Waals surface area (Å²) in [5.74, 6) is -0.904. The van der Waals surface area contributed by atoms with Gasteiger partial charge in [0.1, 0.15) is 0 Å². The summed E-state index contributed by atoms with van der Waals surface area (Å²) in [6.07, 6.45) is 0.482. The Hall–Kier alpha value is -0.910. The average molecular weight is 218 g/mol. The summed E-state index contributed by atoms with van der Waals surface area (Å²) in [5, 5.41) is 35.9. The highest BCUT2D eigenvalue weighted by Crippen LogP contribution is 2.05. The van der Waals surface area contributed by atoms with Crippen LogP contribution in [0, 0.1) is 0 Å². The number of carboxylic acids is 1. The minimum Gasteiger partial charge on any atom is -0.481 e. The van der Waals surface area contributed by atoms with E-state index in [9.17, 15) is 15.0 Å². The molecule has 0 rings (SSSR count). The summed E-state index contributed by atoms with van der Waals surface area (Å²) in [7, 11) is 0. The number of hydrogen-bond acceptors (Lipinski definition) is 4. The first-order valence-electron chi connectivity index (χ1n) is 4.86. The predicted molar refractivity (Wildman–Crippen MR) is 54.3 cm³/mol. The van der Waals surface area contributed by atoms with Gasteiger partial charge < -0.3 is 20.4 Å². The molecule has 88 valence electrons. The lowest BCUT2D eigenvalue weighted by atomic mass is 10.1. The van der Waals surface area contributed by atoms with Gasteiger partial charge in [-0.1, -0.05) is 12.2 Å². The van der Waals surface area contributed by atoms with Crippen LogP contribution in [0.2, 0.25) is 0 Å². The van der Waals surface area contributed by atoms with Crippen LogP contribution in [0.1, 0.15) is 26.2 Å². The number of allylic oxidation sites excluding steroid dienone is 1. The highest BCUT2D eigenvalue weighted by atomic mass is 16.4. The third-order valence-electron chi connectivity index (χ3n) is 1.83. The lowest BCUT2D eigenvalue weighted by Gasteiger charge is -2.15. The Labute approximate surface area is 88.7 Å². The molecule has 0 unspecified atom stereocenters. The van der Waals surface area contributed by atoms with E-state index < -0.39 is 24.3 Å². The summed E-state index contributed by atoms with van der Waals surface area (Å²) in [4.78, 5) is 10.1. The van der Waals surface area contributed by atoms with Gasteiger partial charge in [-0.05, 0) is 13.3 Å². The van der Waals surface area contributed by atoms with Gasteiger partial charge >= 0.3 is 5.97 Å². The maximum absolute atomic E-state index is 10.1. The number of aliphatic hydroxyl groups is 3. The molecule has 0 saturated carbocycles. The van der Waals surface area contributed by atoms with Crippen molar-refractivity contribution in [3.63, 3.8) is 0 Å². The predicted octanol–water partition coefficient (Wildman–Crippen LogP) is -0.0999. The topological polar surface area (TPSA) is 98.0 Å². The summed E-state index contributed by atoms with van der Waals surface area (Å²) in [6.45, 7) is 1.52. The molecule has 0 heterocycles. The standard InChI is InChI=1S/C10H18O5/c1-7(11)6-9(13)8(12)4-2-3-5-10(14)15/h2,4,7-9,11-13H,3,5-6H2,1H3,(H,14,15)/b4-2+/t7-,8-,9-/m0/s1.